The fourth-order valence-electron chi connectivity index (χ4n) is 2.77. The molecule has 1 saturated carbocycles. The molecule has 0 aromatic carbocycles. The molecule has 2 aliphatic rings. The number of likely N-dealkylation sites (N-methyl/N-ethyl adjacent to an activating group) is 1. The van der Waals surface area contributed by atoms with E-state index < -0.39 is 0 Å². The zero-order valence-corrected chi connectivity index (χ0v) is 8.76. The molecule has 0 bridgehead atoms. The van der Waals surface area contributed by atoms with Crippen LogP contribution >= 0.6 is 0 Å². The van der Waals surface area contributed by atoms with Crippen LogP contribution in [0.25, 0.3) is 0 Å². The molecule has 1 aliphatic heterocycles. The molecule has 1 aliphatic carbocycles. The molecule has 0 radical (unpaired) electrons. The highest BCUT2D eigenvalue weighted by Gasteiger charge is 2.26. The van der Waals surface area contributed by atoms with Crippen molar-refractivity contribution in [3.63, 3.8) is 0 Å². The van der Waals surface area contributed by atoms with E-state index in [0.717, 1.165) is 12.1 Å². The van der Waals surface area contributed by atoms with E-state index >= 15 is 0 Å². The van der Waals surface area contributed by atoms with E-state index in [-0.39, 0.29) is 0 Å². The van der Waals surface area contributed by atoms with Gasteiger partial charge in [0.25, 0.3) is 0 Å². The number of nitrogens with one attached hydrogen (secondary N) is 1. The Labute approximate surface area is 81.7 Å². The first kappa shape index (κ1) is 9.47. The summed E-state index contributed by atoms with van der Waals surface area (Å²) in [6.07, 6.45) is 8.60. The minimum Gasteiger partial charge on any atom is -0.315 e. The molecule has 1 atom stereocenters. The van der Waals surface area contributed by atoms with Gasteiger partial charge in [-0.05, 0) is 32.9 Å². The van der Waals surface area contributed by atoms with Gasteiger partial charge in [0.15, 0.2) is 0 Å². The highest BCUT2D eigenvalue weighted by molar-refractivity contribution is 4.84. The quantitative estimate of drug-likeness (QED) is 0.698. The number of hydrogen-bond donors (Lipinski definition) is 1. The van der Waals surface area contributed by atoms with Crippen LogP contribution in [0.4, 0.5) is 0 Å². The van der Waals surface area contributed by atoms with Gasteiger partial charge < -0.3 is 5.32 Å². The van der Waals surface area contributed by atoms with Gasteiger partial charge in [-0.3, -0.25) is 4.90 Å². The van der Waals surface area contributed by atoms with Crippen LogP contribution in [0.2, 0.25) is 0 Å². The molecule has 0 aromatic heterocycles. The van der Waals surface area contributed by atoms with Gasteiger partial charge in [0.05, 0.1) is 0 Å². The third-order valence-electron chi connectivity index (χ3n) is 3.76. The van der Waals surface area contributed by atoms with E-state index in [4.69, 9.17) is 0 Å². The normalized spacial score (nSPS) is 31.4. The zero-order valence-electron chi connectivity index (χ0n) is 8.76. The van der Waals surface area contributed by atoms with E-state index in [2.05, 4.69) is 17.3 Å². The van der Waals surface area contributed by atoms with Crippen molar-refractivity contribution in [3.8, 4) is 0 Å². The van der Waals surface area contributed by atoms with Gasteiger partial charge in [-0.1, -0.05) is 19.3 Å². The predicted octanol–water partition coefficient (Wildman–Crippen LogP) is 1.61. The largest absolute Gasteiger partial charge is 0.315 e. The Morgan fingerprint density at radius 1 is 1.00 bits per heavy atom. The molecule has 1 unspecified atom stereocenters. The highest BCUT2D eigenvalue weighted by Crippen LogP contribution is 2.24. The third kappa shape index (κ3) is 2.23. The summed E-state index contributed by atoms with van der Waals surface area (Å²) in [5, 5.41) is 3.45. The highest BCUT2D eigenvalue weighted by atomic mass is 15.2. The SMILES string of the molecule is CN(C1CCCCC1)C1CCNC1. The maximum Gasteiger partial charge on any atom is 0.0232 e. The van der Waals surface area contributed by atoms with Crippen molar-refractivity contribution < 1.29 is 0 Å². The van der Waals surface area contributed by atoms with Gasteiger partial charge in [0, 0.05) is 18.6 Å². The second-order valence-electron chi connectivity index (χ2n) is 4.60. The second-order valence-corrected chi connectivity index (χ2v) is 4.60. The molecule has 1 N–H and O–H groups in total. The number of rotatable bonds is 2. The average molecular weight is 182 g/mol. The standard InChI is InChI=1S/C11H22N2/c1-13(11-7-8-12-9-11)10-5-3-2-4-6-10/h10-12H,2-9H2,1H3. The first-order valence-electron chi connectivity index (χ1n) is 5.80. The number of nitrogens with zero attached hydrogens (tertiary/aromatic N) is 1. The Balaban J connectivity index is 1.83. The molecule has 2 rings (SSSR count). The summed E-state index contributed by atoms with van der Waals surface area (Å²) in [7, 11) is 2.33. The molecule has 2 heteroatoms. The van der Waals surface area contributed by atoms with Crippen molar-refractivity contribution in [3.05, 3.63) is 0 Å². The summed E-state index contributed by atoms with van der Waals surface area (Å²) in [6.45, 7) is 2.44. The molecule has 1 heterocycles. The molecule has 0 spiro atoms. The van der Waals surface area contributed by atoms with E-state index in [9.17, 15) is 0 Å². The molecular formula is C11H22N2. The minimum absolute atomic E-state index is 0.822. The van der Waals surface area contributed by atoms with Crippen LogP contribution in [0.15, 0.2) is 0 Å². The van der Waals surface area contributed by atoms with Gasteiger partial charge in [0.1, 0.15) is 0 Å². The Kier molecular flexibility index (Phi) is 3.23. The maximum absolute atomic E-state index is 3.45. The average Bonchev–Trinajstić information content (AvgIpc) is 2.71. The van der Waals surface area contributed by atoms with Crippen LogP contribution in [-0.4, -0.2) is 37.1 Å². The van der Waals surface area contributed by atoms with Crippen molar-refractivity contribution in [2.45, 2.75) is 50.6 Å². The first-order chi connectivity index (χ1) is 6.38. The van der Waals surface area contributed by atoms with Crippen LogP contribution in [0.3, 0.4) is 0 Å². The van der Waals surface area contributed by atoms with E-state index in [1.54, 1.807) is 0 Å². The Bertz CT molecular complexity index is 146. The van der Waals surface area contributed by atoms with Gasteiger partial charge in [-0.15, -0.1) is 0 Å². The van der Waals surface area contributed by atoms with Crippen LogP contribution in [0, 0.1) is 0 Å². The summed E-state index contributed by atoms with van der Waals surface area (Å²) in [4.78, 5) is 2.64. The smallest absolute Gasteiger partial charge is 0.0232 e. The fourth-order valence-corrected chi connectivity index (χ4v) is 2.77. The summed E-state index contributed by atoms with van der Waals surface area (Å²) in [6, 6.07) is 1.71. The lowest BCUT2D eigenvalue weighted by Gasteiger charge is -2.35. The first-order valence-corrected chi connectivity index (χ1v) is 5.80. The van der Waals surface area contributed by atoms with E-state index in [1.807, 2.05) is 0 Å². The number of hydrogen-bond acceptors (Lipinski definition) is 2. The molecular weight excluding hydrogens is 160 g/mol. The summed E-state index contributed by atoms with van der Waals surface area (Å²) in [5.74, 6) is 0. The molecule has 1 saturated heterocycles. The lowest BCUT2D eigenvalue weighted by molar-refractivity contribution is 0.146. The lowest BCUT2D eigenvalue weighted by atomic mass is 9.93. The second kappa shape index (κ2) is 4.43. The maximum atomic E-state index is 3.45. The molecule has 13 heavy (non-hydrogen) atoms. The molecule has 0 amide bonds. The monoisotopic (exact) mass is 182 g/mol. The zero-order chi connectivity index (χ0) is 9.10. The predicted molar refractivity (Wildman–Crippen MR) is 55.9 cm³/mol. The van der Waals surface area contributed by atoms with Gasteiger partial charge >= 0.3 is 0 Å². The Morgan fingerprint density at radius 2 is 1.77 bits per heavy atom. The molecule has 2 fully saturated rings. The van der Waals surface area contributed by atoms with Gasteiger partial charge in [0.2, 0.25) is 0 Å². The van der Waals surface area contributed by atoms with Crippen LogP contribution < -0.4 is 5.32 Å². The van der Waals surface area contributed by atoms with Crippen LogP contribution in [0.1, 0.15) is 38.5 Å². The van der Waals surface area contributed by atoms with Gasteiger partial charge in [-0.2, -0.15) is 0 Å². The Morgan fingerprint density at radius 3 is 2.38 bits per heavy atom. The summed E-state index contributed by atoms with van der Waals surface area (Å²) < 4.78 is 0. The van der Waals surface area contributed by atoms with Crippen molar-refractivity contribution in [2.24, 2.45) is 0 Å². The van der Waals surface area contributed by atoms with E-state index in [1.165, 1.54) is 51.6 Å². The Hall–Kier alpha value is -0.0800. The summed E-state index contributed by atoms with van der Waals surface area (Å²) in [5.41, 5.74) is 0. The van der Waals surface area contributed by atoms with Crippen LogP contribution in [0.5, 0.6) is 0 Å². The minimum atomic E-state index is 0.822. The summed E-state index contributed by atoms with van der Waals surface area (Å²) >= 11 is 0. The van der Waals surface area contributed by atoms with Crippen molar-refractivity contribution in [1.82, 2.24) is 10.2 Å². The van der Waals surface area contributed by atoms with Crippen molar-refractivity contribution in [2.75, 3.05) is 20.1 Å². The van der Waals surface area contributed by atoms with Crippen LogP contribution in [-0.2, 0) is 0 Å². The van der Waals surface area contributed by atoms with Crippen molar-refractivity contribution >= 4 is 0 Å². The lowest BCUT2D eigenvalue weighted by Crippen LogP contribution is -2.42. The molecule has 76 valence electrons. The molecule has 2 nitrogen and oxygen atoms in total. The molecule has 0 aromatic rings. The third-order valence-corrected chi connectivity index (χ3v) is 3.76. The topological polar surface area (TPSA) is 15.3 Å². The van der Waals surface area contributed by atoms with Crippen molar-refractivity contribution in [1.29, 1.82) is 0 Å². The van der Waals surface area contributed by atoms with E-state index in [0.29, 0.717) is 0 Å². The fraction of sp³-hybridized carbons (Fsp3) is 1.00. The van der Waals surface area contributed by atoms with Gasteiger partial charge in [-0.25, -0.2) is 0 Å².